The summed E-state index contributed by atoms with van der Waals surface area (Å²) in [6, 6.07) is -0.120. The Bertz CT molecular complexity index is 261. The van der Waals surface area contributed by atoms with Gasteiger partial charge in [0.15, 0.2) is 0 Å². The fourth-order valence-electron chi connectivity index (χ4n) is 2.26. The predicted molar refractivity (Wildman–Crippen MR) is 60.9 cm³/mol. The fraction of sp³-hybridized carbons (Fsp3) is 0.917. The minimum absolute atomic E-state index is 0.0595. The Kier molecular flexibility index (Phi) is 5.91. The minimum Gasteiger partial charge on any atom is -0.396 e. The maximum atomic E-state index is 12.4. The molecule has 6 heteroatoms. The van der Waals surface area contributed by atoms with Crippen molar-refractivity contribution in [3.63, 3.8) is 0 Å². The molecule has 0 radical (unpaired) electrons. The van der Waals surface area contributed by atoms with Crippen LogP contribution in [-0.4, -0.2) is 29.8 Å². The molecule has 0 aromatic heterocycles. The smallest absolute Gasteiger partial charge is 0.391 e. The number of hydrogen-bond donors (Lipinski definition) is 2. The third kappa shape index (κ3) is 5.25. The van der Waals surface area contributed by atoms with Crippen molar-refractivity contribution in [2.45, 2.75) is 57.2 Å². The predicted octanol–water partition coefficient (Wildman–Crippen LogP) is 2.39. The maximum Gasteiger partial charge on any atom is 0.391 e. The van der Waals surface area contributed by atoms with E-state index in [1.54, 1.807) is 0 Å². The third-order valence-electron chi connectivity index (χ3n) is 3.37. The van der Waals surface area contributed by atoms with Gasteiger partial charge >= 0.3 is 6.18 Å². The first kappa shape index (κ1) is 15.3. The summed E-state index contributed by atoms with van der Waals surface area (Å²) >= 11 is 0. The molecule has 3 nitrogen and oxygen atoms in total. The van der Waals surface area contributed by atoms with Crippen molar-refractivity contribution in [2.75, 3.05) is 6.61 Å². The van der Waals surface area contributed by atoms with Gasteiger partial charge < -0.3 is 10.4 Å². The molecule has 0 spiro atoms. The summed E-state index contributed by atoms with van der Waals surface area (Å²) in [5, 5.41) is 11.3. The van der Waals surface area contributed by atoms with Crippen molar-refractivity contribution >= 4 is 5.91 Å². The van der Waals surface area contributed by atoms with Crippen LogP contribution in [0.25, 0.3) is 0 Å². The lowest BCUT2D eigenvalue weighted by atomic mass is 9.85. The van der Waals surface area contributed by atoms with Gasteiger partial charge in [0.05, 0.1) is 5.92 Å². The maximum absolute atomic E-state index is 12.4. The molecule has 1 fully saturated rings. The van der Waals surface area contributed by atoms with Gasteiger partial charge in [-0.25, -0.2) is 0 Å². The summed E-state index contributed by atoms with van der Waals surface area (Å²) in [5.41, 5.74) is 0. The second kappa shape index (κ2) is 6.97. The number of halogens is 3. The zero-order valence-corrected chi connectivity index (χ0v) is 10.3. The number of carbonyl (C=O) groups is 1. The molecule has 2 N–H and O–H groups in total. The SMILES string of the molecule is O=C(CCCCO)NC1CCC(C(F)(F)F)CC1. The standard InChI is InChI=1S/C12H20F3NO2/c13-12(14,15)9-4-6-10(7-5-9)16-11(18)3-1-2-8-17/h9-10,17H,1-8H2,(H,16,18). The van der Waals surface area contributed by atoms with Crippen LogP contribution in [0.3, 0.4) is 0 Å². The molecule has 0 aromatic rings. The minimum atomic E-state index is -4.10. The van der Waals surface area contributed by atoms with Crippen LogP contribution in [0, 0.1) is 5.92 Å². The number of amides is 1. The van der Waals surface area contributed by atoms with Gasteiger partial charge in [0.25, 0.3) is 0 Å². The number of alkyl halides is 3. The third-order valence-corrected chi connectivity index (χ3v) is 3.37. The van der Waals surface area contributed by atoms with E-state index in [1.807, 2.05) is 0 Å². The number of aliphatic hydroxyl groups is 1. The highest BCUT2D eigenvalue weighted by atomic mass is 19.4. The lowest BCUT2D eigenvalue weighted by molar-refractivity contribution is -0.182. The molecule has 1 saturated carbocycles. The average molecular weight is 267 g/mol. The lowest BCUT2D eigenvalue weighted by Gasteiger charge is -2.30. The molecule has 0 bridgehead atoms. The second-order valence-corrected chi connectivity index (χ2v) is 4.84. The van der Waals surface area contributed by atoms with Crippen LogP contribution in [-0.2, 0) is 4.79 Å². The van der Waals surface area contributed by atoms with Crippen molar-refractivity contribution in [3.05, 3.63) is 0 Å². The molecule has 0 heterocycles. The van der Waals surface area contributed by atoms with E-state index in [0.717, 1.165) is 0 Å². The number of aliphatic hydroxyl groups excluding tert-OH is 1. The molecule has 106 valence electrons. The number of unbranched alkanes of at least 4 members (excludes halogenated alkanes) is 1. The highest BCUT2D eigenvalue weighted by Gasteiger charge is 2.41. The Balaban J connectivity index is 2.21. The Morgan fingerprint density at radius 2 is 1.78 bits per heavy atom. The summed E-state index contributed by atoms with van der Waals surface area (Å²) in [7, 11) is 0. The van der Waals surface area contributed by atoms with Gasteiger partial charge in [0, 0.05) is 19.1 Å². The monoisotopic (exact) mass is 267 g/mol. The summed E-state index contributed by atoms with van der Waals surface area (Å²) in [6.45, 7) is 0.0595. The van der Waals surface area contributed by atoms with E-state index in [0.29, 0.717) is 32.1 Å². The van der Waals surface area contributed by atoms with Crippen LogP contribution in [0.4, 0.5) is 13.2 Å². The molecule has 1 aliphatic rings. The molecule has 1 aliphatic carbocycles. The molecule has 0 aromatic carbocycles. The van der Waals surface area contributed by atoms with E-state index in [2.05, 4.69) is 5.32 Å². The molecule has 1 amide bonds. The Morgan fingerprint density at radius 1 is 1.17 bits per heavy atom. The van der Waals surface area contributed by atoms with E-state index in [1.165, 1.54) is 0 Å². The number of carbonyl (C=O) groups excluding carboxylic acids is 1. The van der Waals surface area contributed by atoms with E-state index < -0.39 is 12.1 Å². The van der Waals surface area contributed by atoms with E-state index in [-0.39, 0.29) is 31.4 Å². The largest absolute Gasteiger partial charge is 0.396 e. The highest BCUT2D eigenvalue weighted by molar-refractivity contribution is 5.76. The highest BCUT2D eigenvalue weighted by Crippen LogP contribution is 2.37. The van der Waals surface area contributed by atoms with Crippen LogP contribution < -0.4 is 5.32 Å². The average Bonchev–Trinajstić information content (AvgIpc) is 2.29. The van der Waals surface area contributed by atoms with Crippen molar-refractivity contribution in [2.24, 2.45) is 5.92 Å². The molecule has 0 saturated heterocycles. The van der Waals surface area contributed by atoms with Crippen LogP contribution in [0.15, 0.2) is 0 Å². The van der Waals surface area contributed by atoms with Gasteiger partial charge in [-0.05, 0) is 38.5 Å². The van der Waals surface area contributed by atoms with Gasteiger partial charge in [-0.3, -0.25) is 4.79 Å². The Labute approximate surface area is 105 Å². The second-order valence-electron chi connectivity index (χ2n) is 4.84. The fourth-order valence-corrected chi connectivity index (χ4v) is 2.26. The summed E-state index contributed by atoms with van der Waals surface area (Å²) < 4.78 is 37.3. The van der Waals surface area contributed by atoms with Crippen LogP contribution >= 0.6 is 0 Å². The van der Waals surface area contributed by atoms with E-state index in [9.17, 15) is 18.0 Å². The zero-order chi connectivity index (χ0) is 13.6. The number of rotatable bonds is 5. The molecule has 18 heavy (non-hydrogen) atoms. The summed E-state index contributed by atoms with van der Waals surface area (Å²) in [5.74, 6) is -1.33. The van der Waals surface area contributed by atoms with Crippen LogP contribution in [0.1, 0.15) is 44.9 Å². The summed E-state index contributed by atoms with van der Waals surface area (Å²) in [4.78, 5) is 11.4. The quantitative estimate of drug-likeness (QED) is 0.751. The molecule has 0 aliphatic heterocycles. The van der Waals surface area contributed by atoms with Gasteiger partial charge in [-0.1, -0.05) is 0 Å². The first-order valence-corrected chi connectivity index (χ1v) is 6.40. The lowest BCUT2D eigenvalue weighted by Crippen LogP contribution is -2.39. The normalized spacial score (nSPS) is 24.9. The Hall–Kier alpha value is -0.780. The first-order chi connectivity index (χ1) is 8.43. The van der Waals surface area contributed by atoms with Gasteiger partial charge in [0.2, 0.25) is 5.91 Å². The van der Waals surface area contributed by atoms with E-state index >= 15 is 0 Å². The van der Waals surface area contributed by atoms with Crippen LogP contribution in [0.5, 0.6) is 0 Å². The van der Waals surface area contributed by atoms with Gasteiger partial charge in [-0.15, -0.1) is 0 Å². The summed E-state index contributed by atoms with van der Waals surface area (Å²) in [6.07, 6.45) is -1.58. The number of hydrogen-bond acceptors (Lipinski definition) is 2. The van der Waals surface area contributed by atoms with Crippen LogP contribution in [0.2, 0.25) is 0 Å². The topological polar surface area (TPSA) is 49.3 Å². The van der Waals surface area contributed by atoms with Crippen molar-refractivity contribution in [1.29, 1.82) is 0 Å². The number of nitrogens with one attached hydrogen (secondary N) is 1. The van der Waals surface area contributed by atoms with Crippen molar-refractivity contribution < 1.29 is 23.1 Å². The zero-order valence-electron chi connectivity index (χ0n) is 10.3. The molecule has 0 unspecified atom stereocenters. The first-order valence-electron chi connectivity index (χ1n) is 6.40. The van der Waals surface area contributed by atoms with Gasteiger partial charge in [-0.2, -0.15) is 13.2 Å². The molecule has 1 rings (SSSR count). The molecule has 0 atom stereocenters. The Morgan fingerprint density at radius 3 is 2.28 bits per heavy atom. The molecular formula is C12H20F3NO2. The van der Waals surface area contributed by atoms with E-state index in [4.69, 9.17) is 5.11 Å². The van der Waals surface area contributed by atoms with Gasteiger partial charge in [0.1, 0.15) is 0 Å². The van der Waals surface area contributed by atoms with Crippen molar-refractivity contribution in [3.8, 4) is 0 Å². The molecular weight excluding hydrogens is 247 g/mol. The van der Waals surface area contributed by atoms with Crippen molar-refractivity contribution in [1.82, 2.24) is 5.32 Å².